The van der Waals surface area contributed by atoms with Gasteiger partial charge in [0.2, 0.25) is 10.0 Å². The fourth-order valence-electron chi connectivity index (χ4n) is 4.47. The van der Waals surface area contributed by atoms with Crippen molar-refractivity contribution in [3.8, 4) is 11.3 Å². The van der Waals surface area contributed by atoms with Gasteiger partial charge in [-0.2, -0.15) is 0 Å². The number of carbonyl (C=O) groups is 1. The number of nitrogens with one attached hydrogen (secondary N) is 2. The van der Waals surface area contributed by atoms with Crippen molar-refractivity contribution < 1.29 is 22.4 Å². The molecular formula is C27H24N4O5S2. The highest BCUT2D eigenvalue weighted by molar-refractivity contribution is 7.92. The number of hydrogen-bond acceptors (Lipinski definition) is 7. The molecule has 1 aliphatic rings. The van der Waals surface area contributed by atoms with E-state index in [9.17, 15) is 13.2 Å². The van der Waals surface area contributed by atoms with Gasteiger partial charge in [-0.05, 0) is 66.8 Å². The van der Waals surface area contributed by atoms with E-state index in [0.717, 1.165) is 17.6 Å². The number of thiocarbonyl (C=S) groups is 1. The molecule has 2 N–H and O–H groups in total. The molecule has 9 nitrogen and oxygen atoms in total. The number of esters is 1. The van der Waals surface area contributed by atoms with Crippen LogP contribution in [0.25, 0.3) is 11.3 Å². The Kier molecular flexibility index (Phi) is 6.87. The van der Waals surface area contributed by atoms with Gasteiger partial charge in [-0.25, -0.2) is 13.2 Å². The van der Waals surface area contributed by atoms with E-state index in [1.54, 1.807) is 48.7 Å². The number of benzene rings is 2. The normalized spacial score (nSPS) is 17.2. The van der Waals surface area contributed by atoms with E-state index < -0.39 is 22.0 Å². The maximum Gasteiger partial charge on any atom is 0.338 e. The second-order valence-corrected chi connectivity index (χ2v) is 10.8. The largest absolute Gasteiger partial charge is 0.465 e. The van der Waals surface area contributed by atoms with Gasteiger partial charge in [-0.3, -0.25) is 9.71 Å². The summed E-state index contributed by atoms with van der Waals surface area (Å²) in [5.41, 5.74) is 2.94. The minimum atomic E-state index is -3.41. The number of rotatable bonds is 7. The monoisotopic (exact) mass is 548 g/mol. The lowest BCUT2D eigenvalue weighted by atomic mass is 10.0. The molecule has 0 amide bonds. The zero-order valence-corrected chi connectivity index (χ0v) is 22.1. The second kappa shape index (κ2) is 10.3. The maximum atomic E-state index is 12.4. The summed E-state index contributed by atoms with van der Waals surface area (Å²) in [5.74, 6) is 0.644. The van der Waals surface area contributed by atoms with Gasteiger partial charge < -0.3 is 19.4 Å². The molecule has 38 heavy (non-hydrogen) atoms. The standard InChI is InChI=1S/C27H24N4O5S2/c1-35-26(32)20-8-4-3-7-19(20)22-14-15-23(36-22)25-24(21-9-5-6-16-28-21)29-27(37)31(25)18-12-10-17(11-13-18)30-38(2,33)34/h3-16,24-25,30H,1-2H3,(H,29,37)/t24-,25-/m0/s1. The first-order valence-electron chi connectivity index (χ1n) is 11.6. The Labute approximate surface area is 225 Å². The first-order valence-corrected chi connectivity index (χ1v) is 13.9. The van der Waals surface area contributed by atoms with E-state index in [-0.39, 0.29) is 6.04 Å². The number of aromatic nitrogens is 1. The molecule has 0 aliphatic carbocycles. The van der Waals surface area contributed by atoms with Crippen LogP contribution in [0.3, 0.4) is 0 Å². The summed E-state index contributed by atoms with van der Waals surface area (Å²) in [6, 6.07) is 22.5. The summed E-state index contributed by atoms with van der Waals surface area (Å²) in [4.78, 5) is 18.8. The first kappa shape index (κ1) is 25.4. The lowest BCUT2D eigenvalue weighted by molar-refractivity contribution is 0.0601. The van der Waals surface area contributed by atoms with E-state index in [2.05, 4.69) is 15.0 Å². The van der Waals surface area contributed by atoms with Crippen molar-refractivity contribution in [3.05, 3.63) is 102 Å². The van der Waals surface area contributed by atoms with Crippen molar-refractivity contribution in [1.82, 2.24) is 10.3 Å². The number of nitrogens with zero attached hydrogens (tertiary/aromatic N) is 2. The predicted octanol–water partition coefficient (Wildman–Crippen LogP) is 4.68. The van der Waals surface area contributed by atoms with Crippen LogP contribution in [0.2, 0.25) is 0 Å². The van der Waals surface area contributed by atoms with E-state index in [1.807, 2.05) is 41.3 Å². The third-order valence-electron chi connectivity index (χ3n) is 6.06. The van der Waals surface area contributed by atoms with Crippen LogP contribution in [0.4, 0.5) is 11.4 Å². The Bertz CT molecular complexity index is 1590. The molecule has 3 heterocycles. The van der Waals surface area contributed by atoms with Crippen molar-refractivity contribution in [2.45, 2.75) is 12.1 Å². The van der Waals surface area contributed by atoms with Crippen LogP contribution in [-0.2, 0) is 14.8 Å². The fraction of sp³-hybridized carbons (Fsp3) is 0.148. The maximum absolute atomic E-state index is 12.4. The predicted molar refractivity (Wildman–Crippen MR) is 148 cm³/mol. The zero-order valence-electron chi connectivity index (χ0n) is 20.5. The van der Waals surface area contributed by atoms with Crippen LogP contribution in [0, 0.1) is 0 Å². The van der Waals surface area contributed by atoms with Crippen LogP contribution in [0.1, 0.15) is 33.9 Å². The van der Waals surface area contributed by atoms with E-state index in [4.69, 9.17) is 21.4 Å². The van der Waals surface area contributed by atoms with E-state index in [0.29, 0.717) is 33.4 Å². The van der Waals surface area contributed by atoms with Crippen LogP contribution in [-0.4, -0.2) is 37.8 Å². The van der Waals surface area contributed by atoms with Gasteiger partial charge in [0.15, 0.2) is 5.11 Å². The first-order chi connectivity index (χ1) is 18.2. The number of furan rings is 1. The van der Waals surface area contributed by atoms with Crippen molar-refractivity contribution in [2.75, 3.05) is 23.0 Å². The average molecular weight is 549 g/mol. The molecule has 2 aromatic carbocycles. The molecule has 2 atom stereocenters. The van der Waals surface area contributed by atoms with Gasteiger partial charge in [0.1, 0.15) is 17.6 Å². The van der Waals surface area contributed by atoms with Gasteiger partial charge in [-0.1, -0.05) is 24.3 Å². The minimum Gasteiger partial charge on any atom is -0.465 e. The Morgan fingerprint density at radius 3 is 2.47 bits per heavy atom. The van der Waals surface area contributed by atoms with Gasteiger partial charge in [0.05, 0.1) is 30.7 Å². The zero-order chi connectivity index (χ0) is 26.9. The summed E-state index contributed by atoms with van der Waals surface area (Å²) in [7, 11) is -2.07. The van der Waals surface area contributed by atoms with E-state index >= 15 is 0 Å². The van der Waals surface area contributed by atoms with Crippen LogP contribution in [0.15, 0.2) is 89.5 Å². The van der Waals surface area contributed by atoms with Gasteiger partial charge >= 0.3 is 5.97 Å². The molecule has 5 rings (SSSR count). The highest BCUT2D eigenvalue weighted by Gasteiger charge is 2.42. The summed E-state index contributed by atoms with van der Waals surface area (Å²) in [6.07, 6.45) is 2.81. The molecular weight excluding hydrogens is 524 g/mol. The molecule has 0 unspecified atom stereocenters. The Hall–Kier alpha value is -4.22. The molecule has 0 saturated carbocycles. The van der Waals surface area contributed by atoms with E-state index in [1.165, 1.54) is 7.11 Å². The third kappa shape index (κ3) is 5.11. The number of methoxy groups -OCH3 is 1. The summed E-state index contributed by atoms with van der Waals surface area (Å²) >= 11 is 5.74. The van der Waals surface area contributed by atoms with Crippen LogP contribution >= 0.6 is 12.2 Å². The van der Waals surface area contributed by atoms with Crippen molar-refractivity contribution in [2.24, 2.45) is 0 Å². The quantitative estimate of drug-likeness (QED) is 0.251. The molecule has 0 spiro atoms. The second-order valence-electron chi connectivity index (χ2n) is 8.66. The smallest absolute Gasteiger partial charge is 0.338 e. The molecule has 194 valence electrons. The van der Waals surface area contributed by atoms with Crippen molar-refractivity contribution in [1.29, 1.82) is 0 Å². The Balaban J connectivity index is 1.57. The molecule has 1 aliphatic heterocycles. The molecule has 1 saturated heterocycles. The topological polar surface area (TPSA) is 114 Å². The molecule has 11 heteroatoms. The third-order valence-corrected chi connectivity index (χ3v) is 6.98. The summed E-state index contributed by atoms with van der Waals surface area (Å²) in [6.45, 7) is 0. The lowest BCUT2D eigenvalue weighted by Gasteiger charge is -2.26. The number of pyridine rings is 1. The lowest BCUT2D eigenvalue weighted by Crippen LogP contribution is -2.29. The number of sulfonamides is 1. The number of ether oxygens (including phenoxy) is 1. The van der Waals surface area contributed by atoms with Crippen LogP contribution in [0.5, 0.6) is 0 Å². The molecule has 1 fully saturated rings. The van der Waals surface area contributed by atoms with Crippen molar-refractivity contribution in [3.63, 3.8) is 0 Å². The van der Waals surface area contributed by atoms with Crippen molar-refractivity contribution >= 4 is 44.7 Å². The summed E-state index contributed by atoms with van der Waals surface area (Å²) in [5, 5.41) is 3.82. The Morgan fingerprint density at radius 1 is 1.05 bits per heavy atom. The Morgan fingerprint density at radius 2 is 1.79 bits per heavy atom. The van der Waals surface area contributed by atoms with Crippen LogP contribution < -0.4 is 14.9 Å². The molecule has 4 aromatic rings. The molecule has 0 bridgehead atoms. The van der Waals surface area contributed by atoms with Gasteiger partial charge in [0, 0.05) is 23.1 Å². The molecule has 2 aromatic heterocycles. The average Bonchev–Trinajstić information content (AvgIpc) is 3.53. The number of anilines is 2. The SMILES string of the molecule is COC(=O)c1ccccc1-c1ccc([C@H]2[C@H](c3ccccn3)NC(=S)N2c2ccc(NS(C)(=O)=O)cc2)o1. The van der Waals surface area contributed by atoms with Gasteiger partial charge in [-0.15, -0.1) is 0 Å². The fourth-order valence-corrected chi connectivity index (χ4v) is 5.38. The minimum absolute atomic E-state index is 0.340. The highest BCUT2D eigenvalue weighted by atomic mass is 32.2. The molecule has 0 radical (unpaired) electrons. The van der Waals surface area contributed by atoms with Gasteiger partial charge in [0.25, 0.3) is 0 Å². The summed E-state index contributed by atoms with van der Waals surface area (Å²) < 4.78 is 37.0. The highest BCUT2D eigenvalue weighted by Crippen LogP contribution is 2.43. The number of carbonyl (C=O) groups excluding carboxylic acids is 1. The number of hydrogen-bond donors (Lipinski definition) is 2.